The average molecular weight is 218 g/mol. The Morgan fingerprint density at radius 3 is 2.69 bits per heavy atom. The molecule has 2 unspecified atom stereocenters. The number of benzene rings is 1. The minimum atomic E-state index is -0.515. The molecular weight excluding hydrogens is 204 g/mol. The molecule has 0 saturated carbocycles. The molecule has 1 aromatic heterocycles. The Kier molecular flexibility index (Phi) is 2.75. The summed E-state index contributed by atoms with van der Waals surface area (Å²) in [6.45, 7) is 3.58. The highest BCUT2D eigenvalue weighted by atomic mass is 16.3. The standard InChI is InChI=1S/C12H14N2O2/c1-8(9(2)15)14-11-6-4-3-5-10(11)12(16)7-13-14/h3-9,15H,1-2H3. The van der Waals surface area contributed by atoms with Crippen LogP contribution in [0.5, 0.6) is 0 Å². The number of rotatable bonds is 2. The molecule has 4 nitrogen and oxygen atoms in total. The SMILES string of the molecule is CC(O)C(C)n1ncc(=O)c2ccccc21. The van der Waals surface area contributed by atoms with E-state index >= 15 is 0 Å². The van der Waals surface area contributed by atoms with Gasteiger partial charge in [0.15, 0.2) is 0 Å². The van der Waals surface area contributed by atoms with E-state index in [0.717, 1.165) is 5.52 Å². The Hall–Kier alpha value is -1.68. The number of fused-ring (bicyclic) bond motifs is 1. The minimum absolute atomic E-state index is 0.0929. The Balaban J connectivity index is 2.72. The van der Waals surface area contributed by atoms with E-state index in [0.29, 0.717) is 5.39 Å². The molecule has 1 aromatic carbocycles. The third-order valence-electron chi connectivity index (χ3n) is 2.80. The zero-order valence-corrected chi connectivity index (χ0v) is 9.29. The first-order chi connectivity index (χ1) is 7.61. The van der Waals surface area contributed by atoms with Gasteiger partial charge in [-0.3, -0.25) is 9.48 Å². The van der Waals surface area contributed by atoms with Gasteiger partial charge >= 0.3 is 0 Å². The van der Waals surface area contributed by atoms with Crippen molar-refractivity contribution >= 4 is 10.9 Å². The number of aliphatic hydroxyl groups excluding tert-OH is 1. The van der Waals surface area contributed by atoms with Crippen LogP contribution in [0.25, 0.3) is 10.9 Å². The lowest BCUT2D eigenvalue weighted by molar-refractivity contribution is 0.134. The predicted octanol–water partition coefficient (Wildman–Crippen LogP) is 1.34. The van der Waals surface area contributed by atoms with Crippen molar-refractivity contribution in [2.45, 2.75) is 26.0 Å². The average Bonchev–Trinajstić information content (AvgIpc) is 2.29. The van der Waals surface area contributed by atoms with Crippen LogP contribution in [-0.4, -0.2) is 21.0 Å². The highest BCUT2D eigenvalue weighted by molar-refractivity contribution is 5.78. The van der Waals surface area contributed by atoms with E-state index in [4.69, 9.17) is 0 Å². The van der Waals surface area contributed by atoms with Crippen molar-refractivity contribution < 1.29 is 5.11 Å². The first-order valence-corrected chi connectivity index (χ1v) is 5.26. The molecular formula is C12H14N2O2. The first kappa shape index (κ1) is 10.8. The van der Waals surface area contributed by atoms with Crippen LogP contribution >= 0.6 is 0 Å². The smallest absolute Gasteiger partial charge is 0.207 e. The van der Waals surface area contributed by atoms with Crippen molar-refractivity contribution in [1.82, 2.24) is 9.78 Å². The lowest BCUT2D eigenvalue weighted by Crippen LogP contribution is -2.23. The van der Waals surface area contributed by atoms with Crippen LogP contribution in [0, 0.1) is 0 Å². The second kappa shape index (κ2) is 4.06. The molecule has 16 heavy (non-hydrogen) atoms. The van der Waals surface area contributed by atoms with Gasteiger partial charge in [-0.25, -0.2) is 0 Å². The van der Waals surface area contributed by atoms with Crippen LogP contribution in [0.1, 0.15) is 19.9 Å². The molecule has 0 radical (unpaired) electrons. The van der Waals surface area contributed by atoms with E-state index in [1.807, 2.05) is 25.1 Å². The number of aromatic nitrogens is 2. The zero-order valence-electron chi connectivity index (χ0n) is 9.29. The molecule has 0 aliphatic rings. The molecule has 2 aromatic rings. The number of nitrogens with zero attached hydrogens (tertiary/aromatic N) is 2. The Morgan fingerprint density at radius 2 is 2.00 bits per heavy atom. The van der Waals surface area contributed by atoms with Crippen LogP contribution in [0.15, 0.2) is 35.3 Å². The van der Waals surface area contributed by atoms with E-state index < -0.39 is 6.10 Å². The van der Waals surface area contributed by atoms with Crippen LogP contribution < -0.4 is 5.43 Å². The third kappa shape index (κ3) is 1.72. The van der Waals surface area contributed by atoms with Gasteiger partial charge in [0.25, 0.3) is 0 Å². The second-order valence-electron chi connectivity index (χ2n) is 3.95. The van der Waals surface area contributed by atoms with Gasteiger partial charge in [0.05, 0.1) is 23.9 Å². The fraction of sp³-hybridized carbons (Fsp3) is 0.333. The fourth-order valence-corrected chi connectivity index (χ4v) is 1.66. The van der Waals surface area contributed by atoms with E-state index in [1.165, 1.54) is 6.20 Å². The first-order valence-electron chi connectivity index (χ1n) is 5.26. The maximum Gasteiger partial charge on any atom is 0.207 e. The summed E-state index contributed by atoms with van der Waals surface area (Å²) in [6.07, 6.45) is 0.778. The lowest BCUT2D eigenvalue weighted by atomic mass is 10.2. The van der Waals surface area contributed by atoms with Crippen molar-refractivity contribution in [3.8, 4) is 0 Å². The number of para-hydroxylation sites is 1. The topological polar surface area (TPSA) is 55.1 Å². The van der Waals surface area contributed by atoms with Crippen molar-refractivity contribution in [1.29, 1.82) is 0 Å². The van der Waals surface area contributed by atoms with E-state index in [9.17, 15) is 9.90 Å². The van der Waals surface area contributed by atoms with Gasteiger partial charge < -0.3 is 5.11 Å². The molecule has 1 N–H and O–H groups in total. The summed E-state index contributed by atoms with van der Waals surface area (Å²) in [5, 5.41) is 14.3. The number of aliphatic hydroxyl groups is 1. The van der Waals surface area contributed by atoms with E-state index in [1.54, 1.807) is 17.7 Å². The summed E-state index contributed by atoms with van der Waals surface area (Å²) in [4.78, 5) is 11.6. The van der Waals surface area contributed by atoms with Gasteiger partial charge in [-0.05, 0) is 26.0 Å². The number of hydrogen-bond donors (Lipinski definition) is 1. The second-order valence-corrected chi connectivity index (χ2v) is 3.95. The van der Waals surface area contributed by atoms with Gasteiger partial charge in [0.2, 0.25) is 5.43 Å². The molecule has 84 valence electrons. The summed E-state index contributed by atoms with van der Waals surface area (Å²) in [5.74, 6) is 0. The fourth-order valence-electron chi connectivity index (χ4n) is 1.66. The Bertz CT molecular complexity index is 560. The van der Waals surface area contributed by atoms with Crippen molar-refractivity contribution in [3.05, 3.63) is 40.7 Å². The maximum absolute atomic E-state index is 11.6. The van der Waals surface area contributed by atoms with Gasteiger partial charge in [-0.1, -0.05) is 12.1 Å². The highest BCUT2D eigenvalue weighted by Crippen LogP contribution is 2.15. The molecule has 0 bridgehead atoms. The molecule has 2 atom stereocenters. The summed E-state index contributed by atoms with van der Waals surface area (Å²) in [6, 6.07) is 7.12. The molecule has 0 spiro atoms. The summed E-state index contributed by atoms with van der Waals surface area (Å²) >= 11 is 0. The van der Waals surface area contributed by atoms with Crippen LogP contribution in [0.2, 0.25) is 0 Å². The van der Waals surface area contributed by atoms with Gasteiger partial charge in [0.1, 0.15) is 0 Å². The normalized spacial score (nSPS) is 14.9. The molecule has 1 heterocycles. The lowest BCUT2D eigenvalue weighted by Gasteiger charge is -2.19. The molecule has 0 fully saturated rings. The quantitative estimate of drug-likeness (QED) is 0.827. The molecule has 0 saturated heterocycles. The van der Waals surface area contributed by atoms with Crippen LogP contribution in [0.4, 0.5) is 0 Å². The Labute approximate surface area is 93.1 Å². The zero-order chi connectivity index (χ0) is 11.7. The third-order valence-corrected chi connectivity index (χ3v) is 2.80. The summed E-state index contributed by atoms with van der Waals surface area (Å²) in [5.41, 5.74) is 0.660. The minimum Gasteiger partial charge on any atom is -0.391 e. The maximum atomic E-state index is 11.6. The van der Waals surface area contributed by atoms with Crippen molar-refractivity contribution in [2.24, 2.45) is 0 Å². The van der Waals surface area contributed by atoms with Crippen LogP contribution in [-0.2, 0) is 0 Å². The molecule has 2 rings (SSSR count). The van der Waals surface area contributed by atoms with Crippen LogP contribution in [0.3, 0.4) is 0 Å². The van der Waals surface area contributed by atoms with Gasteiger partial charge in [-0.2, -0.15) is 5.10 Å². The molecule has 0 aliphatic heterocycles. The van der Waals surface area contributed by atoms with Crippen molar-refractivity contribution in [2.75, 3.05) is 0 Å². The van der Waals surface area contributed by atoms with Crippen molar-refractivity contribution in [3.63, 3.8) is 0 Å². The highest BCUT2D eigenvalue weighted by Gasteiger charge is 2.14. The molecule has 0 amide bonds. The van der Waals surface area contributed by atoms with Gasteiger partial charge in [-0.15, -0.1) is 0 Å². The van der Waals surface area contributed by atoms with E-state index in [2.05, 4.69) is 5.10 Å². The Morgan fingerprint density at radius 1 is 1.31 bits per heavy atom. The van der Waals surface area contributed by atoms with E-state index in [-0.39, 0.29) is 11.5 Å². The molecule has 0 aliphatic carbocycles. The monoisotopic (exact) mass is 218 g/mol. The predicted molar refractivity (Wildman–Crippen MR) is 62.4 cm³/mol. The molecule has 4 heteroatoms. The largest absolute Gasteiger partial charge is 0.391 e. The summed E-state index contributed by atoms with van der Waals surface area (Å²) < 4.78 is 1.68. The van der Waals surface area contributed by atoms with Gasteiger partial charge in [0, 0.05) is 5.39 Å². The summed E-state index contributed by atoms with van der Waals surface area (Å²) in [7, 11) is 0. The number of hydrogen-bond acceptors (Lipinski definition) is 3.